The SMILES string of the molecule is C=Cc1ccc(CCCCOc2ccc([C@@H](NC(=O)OC(C)(C)C)[C@H](NC(=O)OC(C)(C)C)c3ccc(OCc4ccccc4)cc3)cc2)cc1. The monoisotopic (exact) mass is 692 g/mol. The molecule has 4 rings (SSSR count). The van der Waals surface area contributed by atoms with Gasteiger partial charge in [-0.1, -0.05) is 91.5 Å². The molecule has 8 nitrogen and oxygen atoms in total. The van der Waals surface area contributed by atoms with Crippen molar-refractivity contribution in [3.63, 3.8) is 0 Å². The lowest BCUT2D eigenvalue weighted by Gasteiger charge is -2.32. The summed E-state index contributed by atoms with van der Waals surface area (Å²) in [6.07, 6.45) is 3.48. The second kappa shape index (κ2) is 18.1. The molecule has 0 heterocycles. The van der Waals surface area contributed by atoms with Crippen molar-refractivity contribution < 1.29 is 28.5 Å². The van der Waals surface area contributed by atoms with Crippen LogP contribution in [-0.2, 0) is 22.5 Å². The molecule has 0 aliphatic heterocycles. The molecule has 4 aromatic carbocycles. The Labute approximate surface area is 303 Å². The molecule has 0 fully saturated rings. The van der Waals surface area contributed by atoms with Gasteiger partial charge < -0.3 is 29.6 Å². The number of benzene rings is 4. The van der Waals surface area contributed by atoms with Crippen LogP contribution in [0.1, 0.15) is 94.3 Å². The number of hydrogen-bond donors (Lipinski definition) is 2. The van der Waals surface area contributed by atoms with Crippen molar-refractivity contribution in [3.05, 3.63) is 138 Å². The molecule has 4 aromatic rings. The maximum absolute atomic E-state index is 13.2. The van der Waals surface area contributed by atoms with Gasteiger partial charge in [0, 0.05) is 0 Å². The van der Waals surface area contributed by atoms with E-state index in [4.69, 9.17) is 18.9 Å². The lowest BCUT2D eigenvalue weighted by Crippen LogP contribution is -2.44. The van der Waals surface area contributed by atoms with Crippen LogP contribution in [0.4, 0.5) is 9.59 Å². The molecule has 0 aliphatic rings. The van der Waals surface area contributed by atoms with Crippen LogP contribution in [0, 0.1) is 0 Å². The van der Waals surface area contributed by atoms with E-state index in [-0.39, 0.29) is 0 Å². The molecule has 270 valence electrons. The highest BCUT2D eigenvalue weighted by molar-refractivity contribution is 5.71. The highest BCUT2D eigenvalue weighted by Crippen LogP contribution is 2.32. The Morgan fingerprint density at radius 2 is 1.12 bits per heavy atom. The van der Waals surface area contributed by atoms with E-state index in [1.165, 1.54) is 5.56 Å². The van der Waals surface area contributed by atoms with E-state index in [1.54, 1.807) is 41.5 Å². The van der Waals surface area contributed by atoms with E-state index in [9.17, 15) is 9.59 Å². The van der Waals surface area contributed by atoms with Gasteiger partial charge in [-0.3, -0.25) is 0 Å². The fourth-order valence-electron chi connectivity index (χ4n) is 5.31. The summed E-state index contributed by atoms with van der Waals surface area (Å²) in [6.45, 7) is 15.6. The van der Waals surface area contributed by atoms with Crippen molar-refractivity contribution in [3.8, 4) is 11.5 Å². The number of unbranched alkanes of at least 4 members (excludes halogenated alkanes) is 1. The molecule has 2 atom stereocenters. The van der Waals surface area contributed by atoms with Crippen molar-refractivity contribution in [2.45, 2.75) is 90.7 Å². The van der Waals surface area contributed by atoms with E-state index in [0.717, 1.165) is 41.5 Å². The lowest BCUT2D eigenvalue weighted by molar-refractivity contribution is 0.0427. The molecule has 0 unspecified atom stereocenters. The van der Waals surface area contributed by atoms with E-state index >= 15 is 0 Å². The van der Waals surface area contributed by atoms with Gasteiger partial charge in [0.25, 0.3) is 0 Å². The summed E-state index contributed by atoms with van der Waals surface area (Å²) in [6, 6.07) is 31.8. The van der Waals surface area contributed by atoms with E-state index in [2.05, 4.69) is 41.5 Å². The first-order valence-corrected chi connectivity index (χ1v) is 17.5. The maximum Gasteiger partial charge on any atom is 0.408 e. The summed E-state index contributed by atoms with van der Waals surface area (Å²) in [5, 5.41) is 6.02. The highest BCUT2D eigenvalue weighted by atomic mass is 16.6. The van der Waals surface area contributed by atoms with E-state index in [0.29, 0.717) is 24.7 Å². The minimum absolute atomic E-state index is 0.418. The number of rotatable bonds is 15. The van der Waals surface area contributed by atoms with Gasteiger partial charge in [-0.2, -0.15) is 0 Å². The number of carbonyl (C=O) groups is 2. The van der Waals surface area contributed by atoms with E-state index < -0.39 is 35.5 Å². The van der Waals surface area contributed by atoms with Crippen molar-refractivity contribution in [1.82, 2.24) is 10.6 Å². The topological polar surface area (TPSA) is 95.1 Å². The lowest BCUT2D eigenvalue weighted by atomic mass is 9.93. The quantitative estimate of drug-likeness (QED) is 0.120. The molecule has 0 aliphatic carbocycles. The van der Waals surface area contributed by atoms with Gasteiger partial charge in [-0.05, 0) is 113 Å². The zero-order chi connectivity index (χ0) is 36.9. The second-order valence-corrected chi connectivity index (χ2v) is 14.4. The van der Waals surface area contributed by atoms with Gasteiger partial charge in [-0.15, -0.1) is 0 Å². The molecule has 0 spiro atoms. The number of hydrogen-bond acceptors (Lipinski definition) is 6. The third-order valence-electron chi connectivity index (χ3n) is 7.75. The molecule has 2 amide bonds. The van der Waals surface area contributed by atoms with Crippen molar-refractivity contribution >= 4 is 18.3 Å². The molecule has 0 bridgehead atoms. The van der Waals surface area contributed by atoms with Crippen molar-refractivity contribution in [1.29, 1.82) is 0 Å². The zero-order valence-electron chi connectivity index (χ0n) is 30.7. The first-order chi connectivity index (χ1) is 24.3. The molecule has 0 saturated carbocycles. The van der Waals surface area contributed by atoms with Gasteiger partial charge in [0.2, 0.25) is 0 Å². The number of alkyl carbamates (subject to hydrolysis) is 2. The van der Waals surface area contributed by atoms with Crippen LogP contribution >= 0.6 is 0 Å². The third-order valence-corrected chi connectivity index (χ3v) is 7.75. The van der Waals surface area contributed by atoms with Gasteiger partial charge in [-0.25, -0.2) is 9.59 Å². The summed E-state index contributed by atoms with van der Waals surface area (Å²) < 4.78 is 23.4. The molecule has 0 aromatic heterocycles. The Hall–Kier alpha value is -5.24. The van der Waals surface area contributed by atoms with E-state index in [1.807, 2.05) is 84.9 Å². The Morgan fingerprint density at radius 3 is 1.59 bits per heavy atom. The molecule has 0 radical (unpaired) electrons. The molecular formula is C43H52N2O6. The Balaban J connectivity index is 1.52. The Morgan fingerprint density at radius 1 is 0.627 bits per heavy atom. The average Bonchev–Trinajstić information content (AvgIpc) is 3.08. The standard InChI is InChI=1S/C43H52N2O6/c1-8-31-17-19-32(20-18-31)14-12-13-29-48-36-25-21-34(22-26-36)38(44-40(46)50-42(2,3)4)39(45-41(47)51-43(5,6)7)35-23-27-37(28-24-35)49-30-33-15-10-9-11-16-33/h8-11,15-28,38-39H,1,12-14,29-30H2,2-7H3,(H,44,46)(H,45,47)/t38-,39-/m1/s1. The molecular weight excluding hydrogens is 640 g/mol. The van der Waals surface area contributed by atoms with Crippen molar-refractivity contribution in [2.75, 3.05) is 6.61 Å². The van der Waals surface area contributed by atoms with Crippen LogP contribution in [0.25, 0.3) is 6.08 Å². The van der Waals surface area contributed by atoms with Crippen LogP contribution in [0.2, 0.25) is 0 Å². The summed E-state index contributed by atoms with van der Waals surface area (Å²) in [5.41, 5.74) is 3.46. The summed E-state index contributed by atoms with van der Waals surface area (Å²) >= 11 is 0. The largest absolute Gasteiger partial charge is 0.494 e. The van der Waals surface area contributed by atoms with Crippen LogP contribution in [0.3, 0.4) is 0 Å². The average molecular weight is 693 g/mol. The normalized spacial score (nSPS) is 12.6. The zero-order valence-corrected chi connectivity index (χ0v) is 30.7. The number of nitrogens with one attached hydrogen (secondary N) is 2. The number of ether oxygens (including phenoxy) is 4. The van der Waals surface area contributed by atoms with Gasteiger partial charge in [0.15, 0.2) is 0 Å². The first kappa shape index (κ1) is 38.6. The van der Waals surface area contributed by atoms with Crippen LogP contribution in [-0.4, -0.2) is 30.0 Å². The number of amides is 2. The predicted octanol–water partition coefficient (Wildman–Crippen LogP) is 10.1. The van der Waals surface area contributed by atoms with Crippen LogP contribution < -0.4 is 20.1 Å². The summed E-state index contributed by atoms with van der Waals surface area (Å²) in [7, 11) is 0. The van der Waals surface area contributed by atoms with Crippen LogP contribution in [0.15, 0.2) is 110 Å². The predicted molar refractivity (Wildman–Crippen MR) is 203 cm³/mol. The number of carbonyl (C=O) groups excluding carboxylic acids is 2. The van der Waals surface area contributed by atoms with Gasteiger partial charge in [0.1, 0.15) is 29.3 Å². The van der Waals surface area contributed by atoms with Crippen molar-refractivity contribution in [2.24, 2.45) is 0 Å². The highest BCUT2D eigenvalue weighted by Gasteiger charge is 2.31. The summed E-state index contributed by atoms with van der Waals surface area (Å²) in [4.78, 5) is 26.5. The molecule has 51 heavy (non-hydrogen) atoms. The minimum atomic E-state index is -0.733. The van der Waals surface area contributed by atoms with Gasteiger partial charge >= 0.3 is 12.2 Å². The van der Waals surface area contributed by atoms with Gasteiger partial charge in [0.05, 0.1) is 18.7 Å². The Bertz CT molecular complexity index is 1670. The molecule has 0 saturated heterocycles. The maximum atomic E-state index is 13.2. The molecule has 8 heteroatoms. The third kappa shape index (κ3) is 13.5. The fourth-order valence-corrected chi connectivity index (χ4v) is 5.31. The minimum Gasteiger partial charge on any atom is -0.494 e. The number of aryl methyl sites for hydroxylation is 1. The second-order valence-electron chi connectivity index (χ2n) is 14.4. The smallest absolute Gasteiger partial charge is 0.408 e. The molecule has 2 N–H and O–H groups in total. The summed E-state index contributed by atoms with van der Waals surface area (Å²) in [5.74, 6) is 1.38. The fraction of sp³-hybridized carbons (Fsp3) is 0.349. The first-order valence-electron chi connectivity index (χ1n) is 17.5. The Kier molecular flexibility index (Phi) is 13.7. The van der Waals surface area contributed by atoms with Crippen LogP contribution in [0.5, 0.6) is 11.5 Å².